The zero-order chi connectivity index (χ0) is 37.3. The number of hydrogen-bond acceptors (Lipinski definition) is 12. The van der Waals surface area contributed by atoms with E-state index in [-0.39, 0.29) is 23.9 Å². The number of aromatic amines is 1. The first-order chi connectivity index (χ1) is 25.5. The number of carbonyl (C=O) groups is 2. The quantitative estimate of drug-likeness (QED) is 0.0963. The van der Waals surface area contributed by atoms with E-state index in [0.29, 0.717) is 123 Å². The summed E-state index contributed by atoms with van der Waals surface area (Å²) in [6, 6.07) is 7.06. The predicted octanol–water partition coefficient (Wildman–Crippen LogP) is 4.13. The van der Waals surface area contributed by atoms with Crippen molar-refractivity contribution in [2.24, 2.45) is 5.92 Å². The summed E-state index contributed by atoms with van der Waals surface area (Å²) in [5.41, 5.74) is 0.469. The van der Waals surface area contributed by atoms with Gasteiger partial charge in [-0.3, -0.25) is 14.4 Å². The van der Waals surface area contributed by atoms with Crippen molar-refractivity contribution in [3.63, 3.8) is 0 Å². The minimum absolute atomic E-state index is 0.0777. The van der Waals surface area contributed by atoms with Crippen LogP contribution in [-0.4, -0.2) is 134 Å². The van der Waals surface area contributed by atoms with Gasteiger partial charge in [-0.25, -0.2) is 4.98 Å². The van der Waals surface area contributed by atoms with Gasteiger partial charge in [0.1, 0.15) is 5.78 Å². The molecule has 0 radical (unpaired) electrons. The molecular weight excluding hydrogens is 674 g/mol. The predicted molar refractivity (Wildman–Crippen MR) is 198 cm³/mol. The van der Waals surface area contributed by atoms with E-state index in [1.54, 1.807) is 24.3 Å². The number of nitrogens with one attached hydrogen (secondary N) is 2. The smallest absolute Gasteiger partial charge is 0.280 e. The highest BCUT2D eigenvalue weighted by Crippen LogP contribution is 2.06. The van der Waals surface area contributed by atoms with Crippen molar-refractivity contribution in [1.29, 1.82) is 0 Å². The number of Topliss-reactive ketones (excluding diaryl/α,β-unsaturated/α-hetero) is 1. The number of aromatic nitrogens is 2. The highest BCUT2D eigenvalue weighted by atomic mass is 16.5. The first kappa shape index (κ1) is 45.3. The van der Waals surface area contributed by atoms with E-state index >= 15 is 0 Å². The molecule has 0 fully saturated rings. The Morgan fingerprint density at radius 1 is 0.596 bits per heavy atom. The molecular formula is C38H63N3O11. The lowest BCUT2D eigenvalue weighted by Crippen LogP contribution is -2.33. The van der Waals surface area contributed by atoms with Crippen molar-refractivity contribution >= 4 is 22.7 Å². The largest absolute Gasteiger partial charge is 0.381 e. The maximum Gasteiger partial charge on any atom is 0.280 e. The van der Waals surface area contributed by atoms with E-state index in [9.17, 15) is 14.4 Å². The van der Waals surface area contributed by atoms with Crippen LogP contribution in [0.4, 0.5) is 0 Å². The molecule has 1 aromatic heterocycles. The van der Waals surface area contributed by atoms with Crippen molar-refractivity contribution in [3.8, 4) is 0 Å². The molecule has 296 valence electrons. The van der Waals surface area contributed by atoms with E-state index in [1.807, 2.05) is 13.8 Å². The standard InChI is InChI=1S/C38H63N3O11/c1-32(2)35(42)14-30-51-28-10-26-49-24-8-22-47-20-6-18-45-16-5-17-46-19-7-21-48-23-9-25-50-27-11-29-52-31-15-39-37(43)36-38(44)41-34-13-4-3-12-33(34)40-36/h3-4,12-13,32H,5-11,14-31H2,1-2H3,(H,39,43)(H,41,44). The van der Waals surface area contributed by atoms with Crippen LogP contribution in [0.5, 0.6) is 0 Å². The van der Waals surface area contributed by atoms with Gasteiger partial charge in [-0.05, 0) is 57.1 Å². The summed E-state index contributed by atoms with van der Waals surface area (Å²) in [6.45, 7) is 14.0. The Labute approximate surface area is 308 Å². The molecule has 0 bridgehead atoms. The van der Waals surface area contributed by atoms with Gasteiger partial charge in [-0.2, -0.15) is 0 Å². The van der Waals surface area contributed by atoms with E-state index in [4.69, 9.17) is 37.9 Å². The summed E-state index contributed by atoms with van der Waals surface area (Å²) in [4.78, 5) is 42.7. The minimum atomic E-state index is -0.526. The third-order valence-corrected chi connectivity index (χ3v) is 7.52. The number of ether oxygens (including phenoxy) is 8. The molecule has 14 heteroatoms. The van der Waals surface area contributed by atoms with Crippen LogP contribution in [0.1, 0.15) is 75.7 Å². The second kappa shape index (κ2) is 31.7. The average molecular weight is 738 g/mol. The Hall–Kier alpha value is -2.82. The molecule has 1 amide bonds. The second-order valence-electron chi connectivity index (χ2n) is 12.4. The summed E-state index contributed by atoms with van der Waals surface area (Å²) in [6.07, 6.45) is 6.35. The Morgan fingerprint density at radius 3 is 1.40 bits per heavy atom. The summed E-state index contributed by atoms with van der Waals surface area (Å²) < 4.78 is 44.7. The van der Waals surface area contributed by atoms with Crippen LogP contribution in [0.2, 0.25) is 0 Å². The molecule has 2 N–H and O–H groups in total. The number of benzene rings is 1. The van der Waals surface area contributed by atoms with Crippen molar-refractivity contribution in [2.75, 3.05) is 112 Å². The zero-order valence-corrected chi connectivity index (χ0v) is 31.5. The lowest BCUT2D eigenvalue weighted by atomic mass is 10.1. The number of amides is 1. The number of hydrogen-bond donors (Lipinski definition) is 2. The monoisotopic (exact) mass is 737 g/mol. The molecule has 2 aromatic rings. The summed E-state index contributed by atoms with van der Waals surface area (Å²) in [5, 5.41) is 2.66. The van der Waals surface area contributed by atoms with Crippen molar-refractivity contribution in [1.82, 2.24) is 15.3 Å². The van der Waals surface area contributed by atoms with Gasteiger partial charge in [0.2, 0.25) is 0 Å². The molecule has 0 unspecified atom stereocenters. The number of ketones is 1. The van der Waals surface area contributed by atoms with Crippen LogP contribution >= 0.6 is 0 Å². The fourth-order valence-electron chi connectivity index (χ4n) is 4.62. The summed E-state index contributed by atoms with van der Waals surface area (Å²) >= 11 is 0. The van der Waals surface area contributed by atoms with Crippen LogP contribution in [0.25, 0.3) is 11.0 Å². The molecule has 0 aliphatic carbocycles. The van der Waals surface area contributed by atoms with Crippen LogP contribution in [0.15, 0.2) is 29.1 Å². The highest BCUT2D eigenvalue weighted by Gasteiger charge is 2.13. The fraction of sp³-hybridized carbons (Fsp3) is 0.737. The maximum absolute atomic E-state index is 12.3. The van der Waals surface area contributed by atoms with Gasteiger partial charge in [-0.15, -0.1) is 0 Å². The number of H-pyrrole nitrogens is 1. The van der Waals surface area contributed by atoms with Crippen LogP contribution in [0.3, 0.4) is 0 Å². The van der Waals surface area contributed by atoms with Crippen molar-refractivity contribution in [3.05, 3.63) is 40.3 Å². The Balaban J connectivity index is 1.20. The van der Waals surface area contributed by atoms with Crippen LogP contribution in [0, 0.1) is 5.92 Å². The molecule has 0 saturated carbocycles. The molecule has 1 aromatic carbocycles. The molecule has 14 nitrogen and oxygen atoms in total. The lowest BCUT2D eigenvalue weighted by Gasteiger charge is -2.08. The molecule has 0 saturated heterocycles. The Bertz CT molecular complexity index is 1240. The van der Waals surface area contributed by atoms with Crippen LogP contribution in [-0.2, 0) is 42.7 Å². The third kappa shape index (κ3) is 23.7. The Kier molecular flexibility index (Phi) is 27.6. The number of para-hydroxylation sites is 2. The molecule has 0 atom stereocenters. The number of nitrogens with zero attached hydrogens (tertiary/aromatic N) is 1. The summed E-state index contributed by atoms with van der Waals surface area (Å²) in [7, 11) is 0. The van der Waals surface area contributed by atoms with E-state index in [2.05, 4.69) is 15.3 Å². The molecule has 2 rings (SSSR count). The normalized spacial score (nSPS) is 11.5. The molecule has 0 aliphatic rings. The highest BCUT2D eigenvalue weighted by molar-refractivity contribution is 5.93. The van der Waals surface area contributed by atoms with E-state index < -0.39 is 11.5 Å². The number of rotatable bonds is 36. The van der Waals surface area contributed by atoms with E-state index in [0.717, 1.165) is 44.9 Å². The molecule has 0 spiro atoms. The second-order valence-corrected chi connectivity index (χ2v) is 12.4. The van der Waals surface area contributed by atoms with Gasteiger partial charge in [0.15, 0.2) is 5.69 Å². The average Bonchev–Trinajstić information content (AvgIpc) is 3.14. The third-order valence-electron chi connectivity index (χ3n) is 7.52. The summed E-state index contributed by atoms with van der Waals surface area (Å²) in [5.74, 6) is -0.204. The van der Waals surface area contributed by atoms with Gasteiger partial charge in [0.05, 0.1) is 24.2 Å². The van der Waals surface area contributed by atoms with Gasteiger partial charge in [-0.1, -0.05) is 26.0 Å². The van der Waals surface area contributed by atoms with Gasteiger partial charge in [0, 0.05) is 111 Å². The van der Waals surface area contributed by atoms with Gasteiger partial charge < -0.3 is 48.2 Å². The molecule has 52 heavy (non-hydrogen) atoms. The van der Waals surface area contributed by atoms with Gasteiger partial charge >= 0.3 is 0 Å². The van der Waals surface area contributed by atoms with Gasteiger partial charge in [0.25, 0.3) is 11.5 Å². The zero-order valence-electron chi connectivity index (χ0n) is 31.5. The maximum atomic E-state index is 12.3. The topological polar surface area (TPSA) is 166 Å². The molecule has 1 heterocycles. The first-order valence-corrected chi connectivity index (χ1v) is 18.9. The first-order valence-electron chi connectivity index (χ1n) is 18.9. The SMILES string of the molecule is CC(C)C(=O)CCOCCCOCCCOCCCOCCCOCCCOCCCOCCCOCCNC(=O)c1nc2ccccc2[nH]c1=O. The van der Waals surface area contributed by atoms with Crippen molar-refractivity contribution < 1.29 is 47.5 Å². The number of carbonyl (C=O) groups excluding carboxylic acids is 2. The van der Waals surface area contributed by atoms with Crippen molar-refractivity contribution in [2.45, 2.75) is 65.2 Å². The minimum Gasteiger partial charge on any atom is -0.381 e. The Morgan fingerprint density at radius 2 is 0.981 bits per heavy atom. The lowest BCUT2D eigenvalue weighted by molar-refractivity contribution is -0.123. The van der Waals surface area contributed by atoms with E-state index in [1.165, 1.54) is 0 Å². The fourth-order valence-corrected chi connectivity index (χ4v) is 4.62. The molecule has 0 aliphatic heterocycles. The van der Waals surface area contributed by atoms with Crippen LogP contribution < -0.4 is 10.9 Å². The number of fused-ring (bicyclic) bond motifs is 1.